The maximum Gasteiger partial charge on any atom is 0.154 e. The molecule has 0 bridgehead atoms. The lowest BCUT2D eigenvalue weighted by molar-refractivity contribution is 0.112. The molecule has 3 rings (SSSR count). The van der Waals surface area contributed by atoms with Crippen LogP contribution in [0.2, 0.25) is 0 Å². The number of hydrogen-bond acceptors (Lipinski definition) is 2. The summed E-state index contributed by atoms with van der Waals surface area (Å²) in [6.45, 7) is 2.03. The van der Waals surface area contributed by atoms with Gasteiger partial charge in [-0.2, -0.15) is 0 Å². The van der Waals surface area contributed by atoms with Gasteiger partial charge < -0.3 is 10.3 Å². The highest BCUT2D eigenvalue weighted by molar-refractivity contribution is 9.10. The van der Waals surface area contributed by atoms with Gasteiger partial charge in [0.1, 0.15) is 5.82 Å². The van der Waals surface area contributed by atoms with E-state index in [0.717, 1.165) is 38.7 Å². The number of H-pyrrole nitrogens is 1. The van der Waals surface area contributed by atoms with Crippen LogP contribution >= 0.6 is 15.9 Å². The third-order valence-electron chi connectivity index (χ3n) is 3.32. The smallest absolute Gasteiger partial charge is 0.154 e. The van der Waals surface area contributed by atoms with E-state index in [0.29, 0.717) is 5.56 Å². The Balaban J connectivity index is 2.10. The van der Waals surface area contributed by atoms with E-state index in [4.69, 9.17) is 0 Å². The number of fused-ring (bicyclic) bond motifs is 1. The van der Waals surface area contributed by atoms with Crippen LogP contribution in [0.25, 0.3) is 10.9 Å². The largest absolute Gasteiger partial charge is 0.341 e. The lowest BCUT2D eigenvalue weighted by Crippen LogP contribution is -1.96. The number of aryl methyl sites for hydroxylation is 1. The van der Waals surface area contributed by atoms with Crippen LogP contribution < -0.4 is 5.32 Å². The van der Waals surface area contributed by atoms with Crippen molar-refractivity contribution in [3.63, 3.8) is 0 Å². The molecule has 4 heteroatoms. The number of aromatic amines is 1. The van der Waals surface area contributed by atoms with E-state index >= 15 is 0 Å². The third kappa shape index (κ3) is 2.23. The molecule has 1 aromatic heterocycles. The van der Waals surface area contributed by atoms with Gasteiger partial charge in [-0.25, -0.2) is 0 Å². The maximum atomic E-state index is 11.4. The fourth-order valence-corrected chi connectivity index (χ4v) is 2.61. The highest BCUT2D eigenvalue weighted by Crippen LogP contribution is 2.29. The van der Waals surface area contributed by atoms with Crippen LogP contribution in [0.5, 0.6) is 0 Å². The summed E-state index contributed by atoms with van der Waals surface area (Å²) >= 11 is 3.46. The van der Waals surface area contributed by atoms with E-state index in [9.17, 15) is 4.79 Å². The van der Waals surface area contributed by atoms with Crippen molar-refractivity contribution in [1.82, 2.24) is 4.98 Å². The van der Waals surface area contributed by atoms with Crippen LogP contribution in [0.4, 0.5) is 11.5 Å². The molecule has 3 aromatic rings. The molecule has 0 aliphatic heterocycles. The number of anilines is 2. The SMILES string of the molecule is Cc1ccc(Br)cc1Nc1[nH]c2ccccc2c1C=O. The van der Waals surface area contributed by atoms with Crippen molar-refractivity contribution in [2.75, 3.05) is 5.32 Å². The van der Waals surface area contributed by atoms with Crippen molar-refractivity contribution in [3.8, 4) is 0 Å². The first kappa shape index (κ1) is 12.9. The molecule has 0 amide bonds. The van der Waals surface area contributed by atoms with Crippen LogP contribution in [0.1, 0.15) is 15.9 Å². The van der Waals surface area contributed by atoms with Crippen molar-refractivity contribution in [3.05, 3.63) is 58.1 Å². The molecule has 0 fully saturated rings. The maximum absolute atomic E-state index is 11.4. The van der Waals surface area contributed by atoms with Crippen molar-refractivity contribution < 1.29 is 4.79 Å². The summed E-state index contributed by atoms with van der Waals surface area (Å²) in [5.41, 5.74) is 3.68. The molecule has 0 saturated carbocycles. The lowest BCUT2D eigenvalue weighted by atomic mass is 10.1. The fraction of sp³-hybridized carbons (Fsp3) is 0.0625. The van der Waals surface area contributed by atoms with Crippen LogP contribution in [0.15, 0.2) is 46.9 Å². The number of benzene rings is 2. The molecule has 1 heterocycles. The van der Waals surface area contributed by atoms with E-state index in [1.165, 1.54) is 0 Å². The zero-order valence-corrected chi connectivity index (χ0v) is 12.5. The van der Waals surface area contributed by atoms with E-state index < -0.39 is 0 Å². The molecule has 3 nitrogen and oxygen atoms in total. The summed E-state index contributed by atoms with van der Waals surface area (Å²) in [7, 11) is 0. The third-order valence-corrected chi connectivity index (χ3v) is 3.82. The summed E-state index contributed by atoms with van der Waals surface area (Å²) in [6.07, 6.45) is 0.883. The second kappa shape index (κ2) is 5.13. The number of aromatic nitrogens is 1. The Bertz CT molecular complexity index is 792. The van der Waals surface area contributed by atoms with Crippen LogP contribution in [0.3, 0.4) is 0 Å². The highest BCUT2D eigenvalue weighted by atomic mass is 79.9. The Kier molecular flexibility index (Phi) is 3.32. The number of carbonyl (C=O) groups is 1. The molecule has 0 aliphatic carbocycles. The summed E-state index contributed by atoms with van der Waals surface area (Å²) in [5, 5.41) is 4.23. The summed E-state index contributed by atoms with van der Waals surface area (Å²) in [6, 6.07) is 13.8. The van der Waals surface area contributed by atoms with Gasteiger partial charge in [-0.05, 0) is 30.7 Å². The number of hydrogen-bond donors (Lipinski definition) is 2. The van der Waals surface area contributed by atoms with Crippen molar-refractivity contribution in [1.29, 1.82) is 0 Å². The highest BCUT2D eigenvalue weighted by Gasteiger charge is 2.11. The van der Waals surface area contributed by atoms with Crippen LogP contribution in [-0.4, -0.2) is 11.3 Å². The summed E-state index contributed by atoms with van der Waals surface area (Å²) in [5.74, 6) is 0.724. The first-order valence-corrected chi connectivity index (χ1v) is 7.07. The van der Waals surface area contributed by atoms with Gasteiger partial charge in [0.25, 0.3) is 0 Å². The van der Waals surface area contributed by atoms with Crippen molar-refractivity contribution in [2.24, 2.45) is 0 Å². The van der Waals surface area contributed by atoms with Gasteiger partial charge in [0.05, 0.1) is 5.56 Å². The Hall–Kier alpha value is -2.07. The van der Waals surface area contributed by atoms with Gasteiger partial charge in [-0.15, -0.1) is 0 Å². The number of halogens is 1. The standard InChI is InChI=1S/C16H13BrN2O/c1-10-6-7-11(17)8-15(10)19-16-13(9-20)12-4-2-3-5-14(12)18-16/h2-9,18-19H,1H3. The fourth-order valence-electron chi connectivity index (χ4n) is 2.25. The summed E-state index contributed by atoms with van der Waals surface area (Å²) in [4.78, 5) is 14.6. The second-order valence-corrected chi connectivity index (χ2v) is 5.58. The molecule has 0 unspecified atom stereocenters. The van der Waals surface area contributed by atoms with Gasteiger partial charge in [0.15, 0.2) is 6.29 Å². The van der Waals surface area contributed by atoms with E-state index in [-0.39, 0.29) is 0 Å². The average Bonchev–Trinajstić information content (AvgIpc) is 2.80. The zero-order chi connectivity index (χ0) is 14.1. The molecular weight excluding hydrogens is 316 g/mol. The quantitative estimate of drug-likeness (QED) is 0.678. The average molecular weight is 329 g/mol. The van der Waals surface area contributed by atoms with Crippen molar-refractivity contribution in [2.45, 2.75) is 6.92 Å². The van der Waals surface area contributed by atoms with Crippen molar-refractivity contribution >= 4 is 44.6 Å². The minimum Gasteiger partial charge on any atom is -0.341 e. The molecule has 2 aromatic carbocycles. The predicted octanol–water partition coefficient (Wildman–Crippen LogP) is 4.79. The number of para-hydroxylation sites is 1. The number of carbonyl (C=O) groups excluding carboxylic acids is 1. The molecule has 0 radical (unpaired) electrons. The molecular formula is C16H13BrN2O. The minimum atomic E-state index is 0.653. The van der Waals surface area contributed by atoms with E-state index in [2.05, 4.69) is 26.2 Å². The normalized spacial score (nSPS) is 10.7. The Labute approximate surface area is 125 Å². The van der Waals surface area contributed by atoms with Gasteiger partial charge in [0, 0.05) is 21.1 Å². The molecule has 0 saturated heterocycles. The van der Waals surface area contributed by atoms with Gasteiger partial charge in [-0.1, -0.05) is 40.2 Å². The zero-order valence-electron chi connectivity index (χ0n) is 10.9. The molecule has 0 aliphatic rings. The molecule has 0 atom stereocenters. The number of aldehydes is 1. The molecule has 0 spiro atoms. The Morgan fingerprint density at radius 2 is 2.00 bits per heavy atom. The summed E-state index contributed by atoms with van der Waals surface area (Å²) < 4.78 is 0.995. The van der Waals surface area contributed by atoms with E-state index in [1.54, 1.807) is 0 Å². The first-order chi connectivity index (χ1) is 9.69. The minimum absolute atomic E-state index is 0.653. The lowest BCUT2D eigenvalue weighted by Gasteiger charge is -2.09. The van der Waals surface area contributed by atoms with E-state index in [1.807, 2.05) is 49.4 Å². The number of rotatable bonds is 3. The molecule has 20 heavy (non-hydrogen) atoms. The molecule has 2 N–H and O–H groups in total. The van der Waals surface area contributed by atoms with Crippen LogP contribution in [0, 0.1) is 6.92 Å². The first-order valence-electron chi connectivity index (χ1n) is 6.28. The number of nitrogens with one attached hydrogen (secondary N) is 2. The van der Waals surface area contributed by atoms with Crippen LogP contribution in [-0.2, 0) is 0 Å². The monoisotopic (exact) mass is 328 g/mol. The van der Waals surface area contributed by atoms with Gasteiger partial charge in [0.2, 0.25) is 0 Å². The Morgan fingerprint density at radius 3 is 2.80 bits per heavy atom. The van der Waals surface area contributed by atoms with Gasteiger partial charge in [-0.3, -0.25) is 4.79 Å². The molecule has 100 valence electrons. The predicted molar refractivity (Wildman–Crippen MR) is 85.8 cm³/mol. The Morgan fingerprint density at radius 1 is 1.20 bits per heavy atom. The topological polar surface area (TPSA) is 44.9 Å². The second-order valence-electron chi connectivity index (χ2n) is 4.66. The van der Waals surface area contributed by atoms with Gasteiger partial charge >= 0.3 is 0 Å².